The quantitative estimate of drug-likeness (QED) is 0.532. The molecule has 0 saturated heterocycles. The van der Waals surface area contributed by atoms with E-state index in [1.54, 1.807) is 0 Å². The fourth-order valence-electron chi connectivity index (χ4n) is 2.10. The van der Waals surface area contributed by atoms with Gasteiger partial charge in [-0.15, -0.1) is 0 Å². The van der Waals surface area contributed by atoms with E-state index in [0.29, 0.717) is 5.92 Å². The molecule has 0 aliphatic rings. The van der Waals surface area contributed by atoms with Crippen LogP contribution in [0.1, 0.15) is 66.7 Å². The van der Waals surface area contributed by atoms with Gasteiger partial charge in [0.25, 0.3) is 0 Å². The zero-order valence-corrected chi connectivity index (χ0v) is 14.8. The molecule has 2 N–H and O–H groups in total. The van der Waals surface area contributed by atoms with Crippen LogP contribution in [0.2, 0.25) is 0 Å². The largest absolute Gasteiger partial charge is 0.389 e. The zero-order chi connectivity index (χ0) is 16.3. The summed E-state index contributed by atoms with van der Waals surface area (Å²) in [6.07, 6.45) is 5.88. The molecule has 124 valence electrons. The van der Waals surface area contributed by atoms with Gasteiger partial charge in [-0.2, -0.15) is 0 Å². The molecular weight excluding hydrogens is 260 g/mol. The average molecular weight is 296 g/mol. The van der Waals surface area contributed by atoms with Crippen molar-refractivity contribution in [1.29, 1.82) is 0 Å². The van der Waals surface area contributed by atoms with E-state index in [4.69, 9.17) is 0 Å². The minimum Gasteiger partial charge on any atom is -0.389 e. The molecule has 0 spiro atoms. The third-order valence-electron chi connectivity index (χ3n) is 3.79. The van der Waals surface area contributed by atoms with Crippen molar-refractivity contribution < 1.29 is 4.79 Å². The smallest absolute Gasteiger partial charge is 0.222 e. The number of hydrogen-bond acceptors (Lipinski definition) is 2. The van der Waals surface area contributed by atoms with Crippen LogP contribution in [0.15, 0.2) is 12.3 Å². The van der Waals surface area contributed by atoms with Crippen molar-refractivity contribution in [2.75, 3.05) is 13.1 Å². The van der Waals surface area contributed by atoms with Crippen LogP contribution in [0.25, 0.3) is 0 Å². The normalized spacial score (nSPS) is 12.5. The Balaban J connectivity index is 3.59. The Morgan fingerprint density at radius 3 is 2.10 bits per heavy atom. The predicted molar refractivity (Wildman–Crippen MR) is 92.1 cm³/mol. The average Bonchev–Trinajstić information content (AvgIpc) is 2.41. The molecule has 1 amide bonds. The Bertz CT molecular complexity index is 298. The maximum absolute atomic E-state index is 11.4. The molecule has 1 unspecified atom stereocenters. The summed E-state index contributed by atoms with van der Waals surface area (Å²) in [4.78, 5) is 11.4. The molecule has 0 radical (unpaired) electrons. The first-order valence-electron chi connectivity index (χ1n) is 8.55. The highest BCUT2D eigenvalue weighted by atomic mass is 16.1. The van der Waals surface area contributed by atoms with Gasteiger partial charge >= 0.3 is 0 Å². The van der Waals surface area contributed by atoms with Gasteiger partial charge in [0.05, 0.1) is 0 Å². The predicted octanol–water partition coefficient (Wildman–Crippen LogP) is 4.10. The van der Waals surface area contributed by atoms with E-state index < -0.39 is 0 Å². The highest BCUT2D eigenvalue weighted by Gasteiger charge is 2.08. The van der Waals surface area contributed by atoms with Crippen molar-refractivity contribution in [3.8, 4) is 0 Å². The number of carbonyl (C=O) groups is 1. The second-order valence-electron chi connectivity index (χ2n) is 6.83. The first kappa shape index (κ1) is 20.0. The summed E-state index contributed by atoms with van der Waals surface area (Å²) in [5.74, 6) is 1.48. The van der Waals surface area contributed by atoms with E-state index in [1.807, 2.05) is 13.8 Å². The maximum atomic E-state index is 11.4. The van der Waals surface area contributed by atoms with E-state index in [1.165, 1.54) is 19.3 Å². The summed E-state index contributed by atoms with van der Waals surface area (Å²) >= 11 is 0. The second-order valence-corrected chi connectivity index (χ2v) is 6.83. The van der Waals surface area contributed by atoms with Crippen LogP contribution < -0.4 is 10.6 Å². The molecule has 0 aromatic rings. The molecule has 0 aromatic carbocycles. The topological polar surface area (TPSA) is 41.1 Å². The molecule has 21 heavy (non-hydrogen) atoms. The van der Waals surface area contributed by atoms with Crippen LogP contribution in [0.4, 0.5) is 0 Å². The molecule has 0 aromatic heterocycles. The summed E-state index contributed by atoms with van der Waals surface area (Å²) in [5, 5.41) is 6.40. The van der Waals surface area contributed by atoms with Crippen molar-refractivity contribution in [2.45, 2.75) is 66.7 Å². The van der Waals surface area contributed by atoms with Crippen molar-refractivity contribution in [2.24, 2.45) is 17.8 Å². The highest BCUT2D eigenvalue weighted by Crippen LogP contribution is 2.13. The van der Waals surface area contributed by atoms with Gasteiger partial charge in [-0.05, 0) is 31.1 Å². The van der Waals surface area contributed by atoms with Gasteiger partial charge in [0.1, 0.15) is 0 Å². The van der Waals surface area contributed by atoms with E-state index in [-0.39, 0.29) is 11.8 Å². The van der Waals surface area contributed by atoms with Gasteiger partial charge in [-0.1, -0.05) is 54.0 Å². The van der Waals surface area contributed by atoms with Crippen LogP contribution in [0.5, 0.6) is 0 Å². The molecule has 0 aliphatic heterocycles. The number of rotatable bonds is 12. The fourth-order valence-corrected chi connectivity index (χ4v) is 2.10. The molecular formula is C18H36N2O. The molecule has 3 nitrogen and oxygen atoms in total. The summed E-state index contributed by atoms with van der Waals surface area (Å²) in [5.41, 5.74) is 1.13. The summed E-state index contributed by atoms with van der Waals surface area (Å²) in [7, 11) is 0. The Morgan fingerprint density at radius 2 is 1.52 bits per heavy atom. The van der Waals surface area contributed by atoms with Crippen LogP contribution in [0, 0.1) is 17.8 Å². The van der Waals surface area contributed by atoms with Gasteiger partial charge in [-0.25, -0.2) is 0 Å². The van der Waals surface area contributed by atoms with Crippen LogP contribution in [-0.2, 0) is 4.79 Å². The maximum Gasteiger partial charge on any atom is 0.222 e. The zero-order valence-electron chi connectivity index (χ0n) is 14.8. The van der Waals surface area contributed by atoms with Gasteiger partial charge in [0, 0.05) is 24.7 Å². The number of hydrogen-bond donors (Lipinski definition) is 2. The Morgan fingerprint density at radius 1 is 0.905 bits per heavy atom. The van der Waals surface area contributed by atoms with Crippen LogP contribution >= 0.6 is 0 Å². The summed E-state index contributed by atoms with van der Waals surface area (Å²) < 4.78 is 0. The van der Waals surface area contributed by atoms with E-state index in [9.17, 15) is 4.79 Å². The van der Waals surface area contributed by atoms with Crippen molar-refractivity contribution >= 4 is 5.91 Å². The number of amides is 1. The molecule has 1 atom stereocenters. The minimum atomic E-state index is 0.0740. The molecule has 0 heterocycles. The second kappa shape index (κ2) is 11.6. The van der Waals surface area contributed by atoms with Gasteiger partial charge in [0.15, 0.2) is 0 Å². The number of allylic oxidation sites excluding steroid dienone is 1. The number of unbranched alkanes of at least 4 members (excludes halogenated alkanes) is 1. The molecule has 0 fully saturated rings. The monoisotopic (exact) mass is 296 g/mol. The van der Waals surface area contributed by atoms with Crippen LogP contribution in [-0.4, -0.2) is 19.0 Å². The minimum absolute atomic E-state index is 0.0740. The molecule has 0 aliphatic carbocycles. The third kappa shape index (κ3) is 11.4. The van der Waals surface area contributed by atoms with Gasteiger partial charge in [0.2, 0.25) is 5.91 Å². The fraction of sp³-hybridized carbons (Fsp3) is 0.833. The SMILES string of the molecule is C=C(NCCCCC(C)C)C(C)CCCNC(=O)C(C)C. The van der Waals surface area contributed by atoms with Crippen LogP contribution in [0.3, 0.4) is 0 Å². The lowest BCUT2D eigenvalue weighted by Crippen LogP contribution is -2.29. The molecule has 0 bridgehead atoms. The lowest BCUT2D eigenvalue weighted by molar-refractivity contribution is -0.123. The van der Waals surface area contributed by atoms with Gasteiger partial charge < -0.3 is 10.6 Å². The van der Waals surface area contributed by atoms with Crippen molar-refractivity contribution in [3.05, 3.63) is 12.3 Å². The summed E-state index contributed by atoms with van der Waals surface area (Å²) in [6.45, 7) is 16.5. The van der Waals surface area contributed by atoms with Crippen molar-refractivity contribution in [3.63, 3.8) is 0 Å². The Labute approximate surface area is 132 Å². The summed E-state index contributed by atoms with van der Waals surface area (Å²) in [6, 6.07) is 0. The van der Waals surface area contributed by atoms with E-state index >= 15 is 0 Å². The van der Waals surface area contributed by atoms with E-state index in [0.717, 1.165) is 37.5 Å². The highest BCUT2D eigenvalue weighted by molar-refractivity contribution is 5.77. The first-order valence-corrected chi connectivity index (χ1v) is 8.55. The van der Waals surface area contributed by atoms with Gasteiger partial charge in [-0.3, -0.25) is 4.79 Å². The lowest BCUT2D eigenvalue weighted by atomic mass is 10.0. The Kier molecular flexibility index (Phi) is 11.1. The third-order valence-corrected chi connectivity index (χ3v) is 3.79. The Hall–Kier alpha value is -0.990. The number of nitrogens with one attached hydrogen (secondary N) is 2. The molecule has 0 saturated carbocycles. The standard InChI is InChI=1S/C18H36N2O/c1-14(2)10-7-8-12-19-17(6)16(5)11-9-13-20-18(21)15(3)4/h14-16,19H,6-13H2,1-5H3,(H,20,21). The number of carbonyl (C=O) groups excluding carboxylic acids is 1. The van der Waals surface area contributed by atoms with E-state index in [2.05, 4.69) is 38.0 Å². The lowest BCUT2D eigenvalue weighted by Gasteiger charge is -2.17. The molecule has 3 heteroatoms. The van der Waals surface area contributed by atoms with Crippen molar-refractivity contribution in [1.82, 2.24) is 10.6 Å². The first-order chi connectivity index (χ1) is 9.84. The molecule has 0 rings (SSSR count).